The second-order valence-electron chi connectivity index (χ2n) is 3.63. The fraction of sp³-hybridized carbons (Fsp3) is 0.167. The van der Waals surface area contributed by atoms with Gasteiger partial charge in [-0.2, -0.15) is 4.98 Å². The van der Waals surface area contributed by atoms with Crippen LogP contribution in [-0.4, -0.2) is 17.0 Å². The lowest BCUT2D eigenvalue weighted by Crippen LogP contribution is -2.05. The zero-order chi connectivity index (χ0) is 13.0. The van der Waals surface area contributed by atoms with E-state index in [2.05, 4.69) is 36.5 Å². The van der Waals surface area contributed by atoms with Gasteiger partial charge in [-0.05, 0) is 29.3 Å². The van der Waals surface area contributed by atoms with Crippen molar-refractivity contribution in [2.24, 2.45) is 0 Å². The van der Waals surface area contributed by atoms with Crippen molar-refractivity contribution in [1.82, 2.24) is 9.97 Å². The third-order valence-corrected chi connectivity index (χ3v) is 3.11. The van der Waals surface area contributed by atoms with Crippen LogP contribution in [-0.2, 0) is 6.54 Å². The molecule has 2 aromatic rings. The van der Waals surface area contributed by atoms with Gasteiger partial charge in [-0.25, -0.2) is 4.98 Å². The summed E-state index contributed by atoms with van der Waals surface area (Å²) >= 11 is 9.19. The molecule has 18 heavy (non-hydrogen) atoms. The van der Waals surface area contributed by atoms with Crippen molar-refractivity contribution in [3.63, 3.8) is 0 Å². The number of nitrogens with zero attached hydrogens (tertiary/aromatic N) is 2. The molecule has 0 aliphatic heterocycles. The zero-order valence-corrected chi connectivity index (χ0v) is 12.1. The smallest absolute Gasteiger partial charge is 0.224 e. The van der Waals surface area contributed by atoms with Gasteiger partial charge < -0.3 is 10.6 Å². The number of benzene rings is 1. The molecule has 0 aliphatic rings. The summed E-state index contributed by atoms with van der Waals surface area (Å²) < 4.78 is 1.06. The summed E-state index contributed by atoms with van der Waals surface area (Å²) in [5.74, 6) is 0.695. The quantitative estimate of drug-likeness (QED) is 0.843. The van der Waals surface area contributed by atoms with E-state index in [0.29, 0.717) is 12.4 Å². The minimum atomic E-state index is 0.229. The lowest BCUT2D eigenvalue weighted by molar-refractivity contribution is 1.08. The fourth-order valence-corrected chi connectivity index (χ4v) is 1.86. The maximum atomic E-state index is 5.78. The van der Waals surface area contributed by atoms with Gasteiger partial charge >= 0.3 is 0 Å². The van der Waals surface area contributed by atoms with Gasteiger partial charge in [0.2, 0.25) is 5.28 Å². The number of hydrogen-bond acceptors (Lipinski definition) is 4. The van der Waals surface area contributed by atoms with Crippen molar-refractivity contribution in [2.75, 3.05) is 17.7 Å². The molecular formula is C12H12BrClN4. The van der Waals surface area contributed by atoms with Crippen LogP contribution in [0.15, 0.2) is 34.9 Å². The third kappa shape index (κ3) is 3.34. The highest BCUT2D eigenvalue weighted by Crippen LogP contribution is 2.20. The summed E-state index contributed by atoms with van der Waals surface area (Å²) in [6.45, 7) is 0.676. The first-order valence-electron chi connectivity index (χ1n) is 5.37. The van der Waals surface area contributed by atoms with Gasteiger partial charge in [0.1, 0.15) is 0 Å². The van der Waals surface area contributed by atoms with Gasteiger partial charge in [-0.1, -0.05) is 28.1 Å². The van der Waals surface area contributed by atoms with Gasteiger partial charge in [0, 0.05) is 18.1 Å². The van der Waals surface area contributed by atoms with E-state index in [-0.39, 0.29) is 5.28 Å². The molecule has 4 nitrogen and oxygen atoms in total. The molecule has 1 heterocycles. The highest BCUT2D eigenvalue weighted by Gasteiger charge is 2.04. The van der Waals surface area contributed by atoms with E-state index in [9.17, 15) is 0 Å². The lowest BCUT2D eigenvalue weighted by Gasteiger charge is -2.10. The molecule has 0 unspecified atom stereocenters. The maximum absolute atomic E-state index is 5.78. The van der Waals surface area contributed by atoms with E-state index in [0.717, 1.165) is 15.7 Å². The van der Waals surface area contributed by atoms with Crippen LogP contribution in [0.3, 0.4) is 0 Å². The van der Waals surface area contributed by atoms with E-state index in [1.165, 1.54) is 0 Å². The van der Waals surface area contributed by atoms with Crippen molar-refractivity contribution in [3.05, 3.63) is 45.8 Å². The van der Waals surface area contributed by atoms with Crippen LogP contribution >= 0.6 is 27.5 Å². The van der Waals surface area contributed by atoms with Gasteiger partial charge in [0.05, 0.1) is 11.9 Å². The largest absolute Gasteiger partial charge is 0.384 e. The molecule has 0 saturated heterocycles. The monoisotopic (exact) mass is 326 g/mol. The second-order valence-corrected chi connectivity index (χ2v) is 4.89. The lowest BCUT2D eigenvalue weighted by atomic mass is 10.2. The Balaban J connectivity index is 2.09. The van der Waals surface area contributed by atoms with Crippen molar-refractivity contribution in [3.8, 4) is 0 Å². The van der Waals surface area contributed by atoms with E-state index < -0.39 is 0 Å². The Bertz CT molecular complexity index is 530. The van der Waals surface area contributed by atoms with Crippen molar-refractivity contribution >= 4 is 39.0 Å². The Kier molecular flexibility index (Phi) is 4.38. The summed E-state index contributed by atoms with van der Waals surface area (Å²) in [5, 5.41) is 6.47. The first-order chi connectivity index (χ1) is 8.69. The SMILES string of the molecule is CNc1cnc(Cl)nc1NCc1ccc(Br)cc1. The summed E-state index contributed by atoms with van der Waals surface area (Å²) in [4.78, 5) is 8.07. The molecule has 2 rings (SSSR count). The van der Waals surface area contributed by atoms with Crippen LogP contribution in [0, 0.1) is 0 Å². The summed E-state index contributed by atoms with van der Waals surface area (Å²) in [6, 6.07) is 8.09. The molecule has 94 valence electrons. The molecule has 0 radical (unpaired) electrons. The van der Waals surface area contributed by atoms with E-state index >= 15 is 0 Å². The van der Waals surface area contributed by atoms with Crippen LogP contribution < -0.4 is 10.6 Å². The third-order valence-electron chi connectivity index (χ3n) is 2.40. The topological polar surface area (TPSA) is 49.8 Å². The van der Waals surface area contributed by atoms with Gasteiger partial charge in [0.25, 0.3) is 0 Å². The Labute approximate surface area is 119 Å². The number of aromatic nitrogens is 2. The Morgan fingerprint density at radius 3 is 2.67 bits per heavy atom. The Morgan fingerprint density at radius 2 is 2.00 bits per heavy atom. The number of halogens is 2. The number of nitrogens with one attached hydrogen (secondary N) is 2. The molecule has 6 heteroatoms. The predicted molar refractivity (Wildman–Crippen MR) is 78.1 cm³/mol. The molecule has 0 spiro atoms. The standard InChI is InChI=1S/C12H12BrClN4/c1-15-10-7-17-12(14)18-11(10)16-6-8-2-4-9(13)5-3-8/h2-5,7,15H,6H2,1H3,(H,16,17,18). The van der Waals surface area contributed by atoms with Gasteiger partial charge in [0.15, 0.2) is 5.82 Å². The minimum absolute atomic E-state index is 0.229. The Morgan fingerprint density at radius 1 is 1.28 bits per heavy atom. The molecule has 1 aromatic carbocycles. The first-order valence-corrected chi connectivity index (χ1v) is 6.55. The zero-order valence-electron chi connectivity index (χ0n) is 9.74. The van der Waals surface area contributed by atoms with E-state index in [1.54, 1.807) is 6.20 Å². The maximum Gasteiger partial charge on any atom is 0.224 e. The van der Waals surface area contributed by atoms with Crippen molar-refractivity contribution < 1.29 is 0 Å². The number of rotatable bonds is 4. The average Bonchev–Trinajstić information content (AvgIpc) is 2.38. The van der Waals surface area contributed by atoms with Crippen LogP contribution in [0.2, 0.25) is 5.28 Å². The van der Waals surface area contributed by atoms with Crippen LogP contribution in [0.25, 0.3) is 0 Å². The van der Waals surface area contributed by atoms with Gasteiger partial charge in [-0.3, -0.25) is 0 Å². The molecule has 0 saturated carbocycles. The van der Waals surface area contributed by atoms with Crippen LogP contribution in [0.4, 0.5) is 11.5 Å². The van der Waals surface area contributed by atoms with Crippen LogP contribution in [0.5, 0.6) is 0 Å². The average molecular weight is 328 g/mol. The highest BCUT2D eigenvalue weighted by atomic mass is 79.9. The molecule has 0 atom stereocenters. The fourth-order valence-electron chi connectivity index (χ4n) is 1.47. The molecule has 1 aromatic heterocycles. The summed E-state index contributed by atoms with van der Waals surface area (Å²) in [5.41, 5.74) is 1.98. The molecule has 2 N–H and O–H groups in total. The number of anilines is 2. The van der Waals surface area contributed by atoms with Gasteiger partial charge in [-0.15, -0.1) is 0 Å². The van der Waals surface area contributed by atoms with Crippen molar-refractivity contribution in [1.29, 1.82) is 0 Å². The van der Waals surface area contributed by atoms with E-state index in [4.69, 9.17) is 11.6 Å². The normalized spacial score (nSPS) is 10.2. The second kappa shape index (κ2) is 6.02. The molecule has 0 aliphatic carbocycles. The number of hydrogen-bond donors (Lipinski definition) is 2. The van der Waals surface area contributed by atoms with Crippen molar-refractivity contribution in [2.45, 2.75) is 6.54 Å². The van der Waals surface area contributed by atoms with Crippen LogP contribution in [0.1, 0.15) is 5.56 Å². The molecule has 0 fully saturated rings. The molecule has 0 bridgehead atoms. The first kappa shape index (κ1) is 13.1. The minimum Gasteiger partial charge on any atom is -0.384 e. The summed E-state index contributed by atoms with van der Waals surface area (Å²) in [6.07, 6.45) is 1.65. The molecular weight excluding hydrogens is 316 g/mol. The predicted octanol–water partition coefficient (Wildman–Crippen LogP) is 3.55. The Hall–Kier alpha value is -1.33. The highest BCUT2D eigenvalue weighted by molar-refractivity contribution is 9.10. The van der Waals surface area contributed by atoms with E-state index in [1.807, 2.05) is 31.3 Å². The molecule has 0 amide bonds. The summed E-state index contributed by atoms with van der Waals surface area (Å²) in [7, 11) is 1.82.